The molecule has 1 unspecified atom stereocenters. The highest BCUT2D eigenvalue weighted by atomic mass is 32.2. The van der Waals surface area contributed by atoms with E-state index in [0.29, 0.717) is 16.4 Å². The smallest absolute Gasteiger partial charge is 0.316 e. The average molecular weight is 327 g/mol. The molecule has 0 aliphatic carbocycles. The second-order valence-corrected chi connectivity index (χ2v) is 5.53. The van der Waals surface area contributed by atoms with Gasteiger partial charge in [0.25, 0.3) is 0 Å². The molecule has 0 heterocycles. The van der Waals surface area contributed by atoms with Gasteiger partial charge >= 0.3 is 10.5 Å². The minimum Gasteiger partial charge on any atom is -0.365 e. The third-order valence-corrected chi connectivity index (χ3v) is 3.95. The van der Waals surface area contributed by atoms with Crippen molar-refractivity contribution in [3.8, 4) is 0 Å². The van der Waals surface area contributed by atoms with E-state index < -0.39 is 16.4 Å². The Balaban J connectivity index is 3.14. The van der Waals surface area contributed by atoms with E-state index >= 15 is 0 Å². The molecule has 0 spiro atoms. The maximum Gasteiger partial charge on any atom is 0.316 e. The van der Waals surface area contributed by atoms with Gasteiger partial charge in [0.05, 0.1) is 11.6 Å². The van der Waals surface area contributed by atoms with Crippen LogP contribution in [0.25, 0.3) is 0 Å². The van der Waals surface area contributed by atoms with Crippen molar-refractivity contribution in [2.45, 2.75) is 19.8 Å². The van der Waals surface area contributed by atoms with E-state index in [1.807, 2.05) is 0 Å². The molecule has 0 fully saturated rings. The van der Waals surface area contributed by atoms with E-state index in [4.69, 9.17) is 12.2 Å². The standard InChI is InChI=1S/C13H17N3O3S2/c1-8-5-6-10(7-11(8)15-21(18)19)9(2)12(17)16(4)13(20)14-3/h5-7,9H,1-4H3,(H,14,20). The zero-order valence-electron chi connectivity index (χ0n) is 12.2. The topological polar surface area (TPSA) is 78.8 Å². The number of hydrogen-bond donors (Lipinski definition) is 1. The van der Waals surface area contributed by atoms with Crippen molar-refractivity contribution in [1.82, 2.24) is 10.2 Å². The molecule has 6 nitrogen and oxygen atoms in total. The van der Waals surface area contributed by atoms with Crippen LogP contribution in [0.5, 0.6) is 0 Å². The van der Waals surface area contributed by atoms with E-state index in [1.54, 1.807) is 46.1 Å². The highest BCUT2D eigenvalue weighted by Crippen LogP contribution is 2.26. The molecule has 114 valence electrons. The number of nitrogens with one attached hydrogen (secondary N) is 1. The van der Waals surface area contributed by atoms with Crippen molar-refractivity contribution >= 4 is 39.4 Å². The number of likely N-dealkylation sites (N-methyl/N-ethyl adjacent to an activating group) is 1. The molecule has 0 radical (unpaired) electrons. The van der Waals surface area contributed by atoms with E-state index in [9.17, 15) is 13.2 Å². The van der Waals surface area contributed by atoms with Crippen LogP contribution in [0.2, 0.25) is 0 Å². The van der Waals surface area contributed by atoms with Crippen LogP contribution >= 0.6 is 12.2 Å². The van der Waals surface area contributed by atoms with Crippen LogP contribution in [0.1, 0.15) is 24.0 Å². The number of aryl methyl sites for hydroxylation is 1. The Hall–Kier alpha value is -1.80. The lowest BCUT2D eigenvalue weighted by Gasteiger charge is -2.22. The molecule has 21 heavy (non-hydrogen) atoms. The molecule has 8 heteroatoms. The van der Waals surface area contributed by atoms with Gasteiger partial charge in [-0.25, -0.2) is 0 Å². The van der Waals surface area contributed by atoms with Crippen molar-refractivity contribution in [2.24, 2.45) is 4.36 Å². The lowest BCUT2D eigenvalue weighted by Crippen LogP contribution is -2.41. The fourth-order valence-corrected chi connectivity index (χ4v) is 2.22. The van der Waals surface area contributed by atoms with Crippen LogP contribution in [-0.2, 0) is 15.3 Å². The van der Waals surface area contributed by atoms with Crippen molar-refractivity contribution in [2.75, 3.05) is 14.1 Å². The molecule has 0 bridgehead atoms. The maximum atomic E-state index is 12.3. The van der Waals surface area contributed by atoms with E-state index in [0.717, 1.165) is 5.56 Å². The largest absolute Gasteiger partial charge is 0.365 e. The monoisotopic (exact) mass is 327 g/mol. The highest BCUT2D eigenvalue weighted by molar-refractivity contribution is 7.80. The average Bonchev–Trinajstić information content (AvgIpc) is 2.45. The SMILES string of the molecule is CNC(=S)N(C)C(=O)C(C)c1ccc(C)c(N=S(=O)=O)c1. The molecule has 0 aliphatic heterocycles. The zero-order chi connectivity index (χ0) is 16.2. The Kier molecular flexibility index (Phi) is 5.98. The molecular weight excluding hydrogens is 310 g/mol. The van der Waals surface area contributed by atoms with Crippen LogP contribution in [0, 0.1) is 6.92 Å². The van der Waals surface area contributed by atoms with Gasteiger partial charge in [-0.1, -0.05) is 12.1 Å². The normalized spacial score (nSPS) is 11.4. The summed E-state index contributed by atoms with van der Waals surface area (Å²) in [5.41, 5.74) is 1.74. The Morgan fingerprint density at radius 3 is 2.57 bits per heavy atom. The third-order valence-electron chi connectivity index (χ3n) is 3.13. The first kappa shape index (κ1) is 17.3. The highest BCUT2D eigenvalue weighted by Gasteiger charge is 2.22. The predicted molar refractivity (Wildman–Crippen MR) is 85.0 cm³/mol. The summed E-state index contributed by atoms with van der Waals surface area (Å²) in [7, 11) is 0.702. The summed E-state index contributed by atoms with van der Waals surface area (Å²) in [5.74, 6) is -0.650. The first-order valence-corrected chi connectivity index (χ1v) is 7.62. The van der Waals surface area contributed by atoms with E-state index in [-0.39, 0.29) is 5.91 Å². The number of rotatable bonds is 3. The van der Waals surface area contributed by atoms with Gasteiger partial charge in [0.2, 0.25) is 5.91 Å². The van der Waals surface area contributed by atoms with Crippen LogP contribution in [-0.4, -0.2) is 38.4 Å². The van der Waals surface area contributed by atoms with Crippen LogP contribution in [0.4, 0.5) is 5.69 Å². The fourth-order valence-electron chi connectivity index (χ4n) is 1.78. The second-order valence-electron chi connectivity index (χ2n) is 4.53. The van der Waals surface area contributed by atoms with Crippen molar-refractivity contribution < 1.29 is 13.2 Å². The molecule has 0 aliphatic rings. The maximum absolute atomic E-state index is 12.3. The lowest BCUT2D eigenvalue weighted by atomic mass is 9.98. The number of nitrogens with zero attached hydrogens (tertiary/aromatic N) is 2. The third kappa shape index (κ3) is 4.33. The minimum atomic E-state index is -2.53. The summed E-state index contributed by atoms with van der Waals surface area (Å²) < 4.78 is 24.9. The summed E-state index contributed by atoms with van der Waals surface area (Å²) >= 11 is 5.02. The van der Waals surface area contributed by atoms with Gasteiger partial charge in [-0.2, -0.15) is 8.42 Å². The first-order valence-electron chi connectivity index (χ1n) is 6.18. The quantitative estimate of drug-likeness (QED) is 0.856. The molecule has 1 aromatic carbocycles. The Morgan fingerprint density at radius 1 is 1.43 bits per heavy atom. The lowest BCUT2D eigenvalue weighted by molar-refractivity contribution is -0.127. The van der Waals surface area contributed by atoms with Crippen molar-refractivity contribution in [1.29, 1.82) is 0 Å². The van der Waals surface area contributed by atoms with E-state index in [2.05, 4.69) is 9.68 Å². The minimum absolute atomic E-state index is 0.188. The molecular formula is C13H17N3O3S2. The Morgan fingerprint density at radius 2 is 2.05 bits per heavy atom. The predicted octanol–water partition coefficient (Wildman–Crippen LogP) is 1.76. The summed E-state index contributed by atoms with van der Waals surface area (Å²) in [5, 5.41) is 3.06. The first-order chi connectivity index (χ1) is 9.77. The zero-order valence-corrected chi connectivity index (χ0v) is 13.9. The van der Waals surface area contributed by atoms with Crippen LogP contribution < -0.4 is 5.32 Å². The fraction of sp³-hybridized carbons (Fsp3) is 0.385. The van der Waals surface area contributed by atoms with Gasteiger partial charge in [-0.15, -0.1) is 4.36 Å². The number of carbonyl (C=O) groups excluding carboxylic acids is 1. The number of amides is 1. The molecule has 0 saturated heterocycles. The molecule has 1 atom stereocenters. The summed E-state index contributed by atoms with van der Waals surface area (Å²) in [4.78, 5) is 13.7. The van der Waals surface area contributed by atoms with Crippen molar-refractivity contribution in [3.05, 3.63) is 29.3 Å². The Bertz CT molecular complexity index is 691. The number of benzene rings is 1. The molecule has 1 amide bonds. The molecule has 0 saturated carbocycles. The molecule has 1 N–H and O–H groups in total. The van der Waals surface area contributed by atoms with Gasteiger partial charge in [0, 0.05) is 14.1 Å². The summed E-state index contributed by atoms with van der Waals surface area (Å²) in [6, 6.07) is 5.12. The molecule has 1 rings (SSSR count). The van der Waals surface area contributed by atoms with Gasteiger partial charge < -0.3 is 5.32 Å². The molecule has 0 aromatic heterocycles. The number of thiocarbonyl (C=S) groups is 1. The van der Waals surface area contributed by atoms with E-state index in [1.165, 1.54) is 4.90 Å². The number of carbonyl (C=O) groups is 1. The summed E-state index contributed by atoms with van der Waals surface area (Å²) in [6.45, 7) is 3.49. The summed E-state index contributed by atoms with van der Waals surface area (Å²) in [6.07, 6.45) is 0. The van der Waals surface area contributed by atoms with Crippen LogP contribution in [0.3, 0.4) is 0 Å². The van der Waals surface area contributed by atoms with Gasteiger partial charge in [-0.3, -0.25) is 9.69 Å². The van der Waals surface area contributed by atoms with Crippen LogP contribution in [0.15, 0.2) is 22.6 Å². The Labute approximate surface area is 130 Å². The van der Waals surface area contributed by atoms with Crippen molar-refractivity contribution in [3.63, 3.8) is 0 Å². The molecule has 1 aromatic rings. The number of hydrogen-bond acceptors (Lipinski definition) is 5. The van der Waals surface area contributed by atoms with Gasteiger partial charge in [0.1, 0.15) is 0 Å². The van der Waals surface area contributed by atoms with Gasteiger partial charge in [0.15, 0.2) is 5.11 Å². The second kappa shape index (κ2) is 7.28. The van der Waals surface area contributed by atoms with Gasteiger partial charge in [-0.05, 0) is 43.3 Å².